The van der Waals surface area contributed by atoms with Crippen molar-refractivity contribution in [3.63, 3.8) is 0 Å². The number of hydrazine groups is 1. The van der Waals surface area contributed by atoms with Crippen LogP contribution in [0.2, 0.25) is 0 Å². The maximum absolute atomic E-state index is 12.6. The van der Waals surface area contributed by atoms with Gasteiger partial charge in [0.1, 0.15) is 5.92 Å². The molecule has 2 rings (SSSR count). The summed E-state index contributed by atoms with van der Waals surface area (Å²) < 4.78 is 32.7. The fraction of sp³-hybridized carbons (Fsp3) is 0.533. The van der Waals surface area contributed by atoms with Gasteiger partial charge in [0, 0.05) is 11.7 Å². The first-order valence-corrected chi connectivity index (χ1v) is 9.22. The smallest absolute Gasteiger partial charge is 0.313 e. The van der Waals surface area contributed by atoms with E-state index in [0.717, 1.165) is 12.0 Å². The monoisotopic (exact) mass is 341 g/mol. The summed E-state index contributed by atoms with van der Waals surface area (Å²) in [5.74, 6) is -1.35. The average molecular weight is 341 g/mol. The lowest BCUT2D eigenvalue weighted by Gasteiger charge is -2.20. The van der Waals surface area contributed by atoms with Crippen molar-refractivity contribution in [3.8, 4) is 0 Å². The van der Waals surface area contributed by atoms with Gasteiger partial charge in [0.15, 0.2) is 5.37 Å². The minimum absolute atomic E-state index is 0.209. The van der Waals surface area contributed by atoms with Crippen LogP contribution in [0, 0.1) is 5.92 Å². The lowest BCUT2D eigenvalue weighted by molar-refractivity contribution is -0.148. The highest BCUT2D eigenvalue weighted by Crippen LogP contribution is 2.23. The lowest BCUT2D eigenvalue weighted by atomic mass is 10.0. The molecule has 1 aliphatic rings. The first-order valence-electron chi connectivity index (χ1n) is 7.67. The second-order valence-corrected chi connectivity index (χ2v) is 7.28. The molecular formula is C15H23N3O4S. The number of hydrogen-bond acceptors (Lipinski definition) is 6. The second-order valence-electron chi connectivity index (χ2n) is 5.47. The molecule has 8 heteroatoms. The lowest BCUT2D eigenvalue weighted by Crippen LogP contribution is -2.44. The van der Waals surface area contributed by atoms with E-state index in [2.05, 4.69) is 15.6 Å². The van der Waals surface area contributed by atoms with E-state index >= 15 is 0 Å². The molecule has 3 atom stereocenters. The van der Waals surface area contributed by atoms with Crippen molar-refractivity contribution in [2.75, 3.05) is 11.3 Å². The number of carbonyl (C=O) groups is 1. The van der Waals surface area contributed by atoms with Crippen molar-refractivity contribution >= 4 is 21.7 Å². The van der Waals surface area contributed by atoms with E-state index in [9.17, 15) is 13.2 Å². The summed E-state index contributed by atoms with van der Waals surface area (Å²) in [7, 11) is -3.80. The molecule has 1 aromatic rings. The van der Waals surface area contributed by atoms with Crippen LogP contribution in [-0.2, 0) is 26.0 Å². The average Bonchev–Trinajstić information content (AvgIpc) is 2.90. The molecule has 7 nitrogen and oxygen atoms in total. The SMILES string of the molecule is CCOC(=O)C1C(C)NNC1S(=O)(=O)Nc1ccc(CC)cc1. The minimum atomic E-state index is -3.80. The van der Waals surface area contributed by atoms with E-state index in [1.54, 1.807) is 26.0 Å². The van der Waals surface area contributed by atoms with Gasteiger partial charge in [0.05, 0.1) is 6.61 Å². The number of rotatable bonds is 6. The van der Waals surface area contributed by atoms with Crippen molar-refractivity contribution < 1.29 is 17.9 Å². The Balaban J connectivity index is 2.18. The number of anilines is 1. The van der Waals surface area contributed by atoms with Gasteiger partial charge in [-0.15, -0.1) is 0 Å². The Labute approximate surface area is 136 Å². The normalized spacial score (nSPS) is 24.4. The number of esters is 1. The standard InChI is InChI=1S/C15H23N3O4S/c1-4-11-6-8-12(9-7-11)18-23(20,21)14-13(10(3)16-17-14)15(19)22-5-2/h6-10,13-14,16-18H,4-5H2,1-3H3. The van der Waals surface area contributed by atoms with Gasteiger partial charge in [-0.2, -0.15) is 0 Å². The molecule has 1 aliphatic heterocycles. The van der Waals surface area contributed by atoms with E-state index in [1.165, 1.54) is 0 Å². The first-order chi connectivity index (χ1) is 10.9. The third-order valence-corrected chi connectivity index (χ3v) is 5.43. The van der Waals surface area contributed by atoms with Gasteiger partial charge in [-0.1, -0.05) is 19.1 Å². The number of sulfonamides is 1. The third-order valence-electron chi connectivity index (χ3n) is 3.83. The van der Waals surface area contributed by atoms with Gasteiger partial charge in [-0.05, 0) is 38.0 Å². The van der Waals surface area contributed by atoms with Crippen molar-refractivity contribution in [2.45, 2.75) is 38.6 Å². The quantitative estimate of drug-likeness (QED) is 0.668. The molecule has 0 aliphatic carbocycles. The first kappa shape index (κ1) is 17.7. The molecular weight excluding hydrogens is 318 g/mol. The van der Waals surface area contributed by atoms with Crippen LogP contribution < -0.4 is 15.6 Å². The highest BCUT2D eigenvalue weighted by atomic mass is 32.2. The van der Waals surface area contributed by atoms with E-state index < -0.39 is 27.3 Å². The van der Waals surface area contributed by atoms with Gasteiger partial charge in [-0.25, -0.2) is 13.8 Å². The van der Waals surface area contributed by atoms with Crippen molar-refractivity contribution in [1.82, 2.24) is 10.9 Å². The molecule has 128 valence electrons. The fourth-order valence-electron chi connectivity index (χ4n) is 2.53. The molecule has 0 bridgehead atoms. The van der Waals surface area contributed by atoms with Crippen LogP contribution >= 0.6 is 0 Å². The Morgan fingerprint density at radius 3 is 2.43 bits per heavy atom. The van der Waals surface area contributed by atoms with Crippen molar-refractivity contribution in [1.29, 1.82) is 0 Å². The van der Waals surface area contributed by atoms with Crippen molar-refractivity contribution in [3.05, 3.63) is 29.8 Å². The van der Waals surface area contributed by atoms with Crippen LogP contribution in [0.5, 0.6) is 0 Å². The number of aryl methyl sites for hydroxylation is 1. The zero-order valence-corrected chi connectivity index (χ0v) is 14.3. The second kappa shape index (κ2) is 7.29. The fourth-order valence-corrected chi connectivity index (χ4v) is 4.08. The van der Waals surface area contributed by atoms with Gasteiger partial charge >= 0.3 is 5.97 Å². The Morgan fingerprint density at radius 2 is 1.87 bits per heavy atom. The highest BCUT2D eigenvalue weighted by Gasteiger charge is 2.46. The summed E-state index contributed by atoms with van der Waals surface area (Å²) in [5, 5.41) is -1.09. The van der Waals surface area contributed by atoms with Crippen molar-refractivity contribution in [2.24, 2.45) is 5.92 Å². The number of nitrogens with one attached hydrogen (secondary N) is 3. The van der Waals surface area contributed by atoms with Gasteiger partial charge in [0.25, 0.3) is 10.0 Å². The Kier molecular flexibility index (Phi) is 5.61. The Hall–Kier alpha value is -1.64. The van der Waals surface area contributed by atoms with Crippen LogP contribution in [0.15, 0.2) is 24.3 Å². The summed E-state index contributed by atoms with van der Waals surface area (Å²) in [6.45, 7) is 5.66. The topological polar surface area (TPSA) is 96.5 Å². The number of hydrogen-bond donors (Lipinski definition) is 3. The molecule has 0 saturated carbocycles. The van der Waals surface area contributed by atoms with Gasteiger partial charge in [0.2, 0.25) is 0 Å². The molecule has 1 fully saturated rings. The zero-order valence-electron chi connectivity index (χ0n) is 13.5. The predicted octanol–water partition coefficient (Wildman–Crippen LogP) is 0.992. The maximum atomic E-state index is 12.6. The number of benzene rings is 1. The number of carbonyl (C=O) groups excluding carboxylic acids is 1. The predicted molar refractivity (Wildman–Crippen MR) is 88.0 cm³/mol. The number of ether oxygens (including phenoxy) is 1. The summed E-state index contributed by atoms with van der Waals surface area (Å²) in [6.07, 6.45) is 0.879. The zero-order chi connectivity index (χ0) is 17.0. The molecule has 3 unspecified atom stereocenters. The van der Waals surface area contributed by atoms with E-state index in [4.69, 9.17) is 4.74 Å². The van der Waals surface area contributed by atoms with E-state index in [0.29, 0.717) is 5.69 Å². The molecule has 1 heterocycles. The third kappa shape index (κ3) is 4.01. The molecule has 0 amide bonds. The summed E-state index contributed by atoms with van der Waals surface area (Å²) in [5.41, 5.74) is 7.06. The minimum Gasteiger partial charge on any atom is -0.466 e. The summed E-state index contributed by atoms with van der Waals surface area (Å²) in [4.78, 5) is 12.1. The maximum Gasteiger partial charge on any atom is 0.313 e. The molecule has 3 N–H and O–H groups in total. The van der Waals surface area contributed by atoms with Crippen LogP contribution in [-0.4, -0.2) is 32.4 Å². The highest BCUT2D eigenvalue weighted by molar-refractivity contribution is 7.93. The largest absolute Gasteiger partial charge is 0.466 e. The summed E-state index contributed by atoms with van der Waals surface area (Å²) in [6, 6.07) is 6.80. The molecule has 0 radical (unpaired) electrons. The molecule has 0 spiro atoms. The van der Waals surface area contributed by atoms with Crippen LogP contribution in [0.4, 0.5) is 5.69 Å². The van der Waals surface area contributed by atoms with E-state index in [-0.39, 0.29) is 12.6 Å². The van der Waals surface area contributed by atoms with E-state index in [1.807, 2.05) is 19.1 Å². The van der Waals surface area contributed by atoms with Crippen LogP contribution in [0.3, 0.4) is 0 Å². The summed E-state index contributed by atoms with van der Waals surface area (Å²) >= 11 is 0. The van der Waals surface area contributed by atoms with Gasteiger partial charge < -0.3 is 4.74 Å². The van der Waals surface area contributed by atoms with Gasteiger partial charge in [-0.3, -0.25) is 14.9 Å². The Morgan fingerprint density at radius 1 is 1.22 bits per heavy atom. The van der Waals surface area contributed by atoms with Crippen LogP contribution in [0.1, 0.15) is 26.3 Å². The molecule has 23 heavy (non-hydrogen) atoms. The van der Waals surface area contributed by atoms with Crippen LogP contribution in [0.25, 0.3) is 0 Å². The Bertz CT molecular complexity index is 645. The molecule has 0 aromatic heterocycles. The molecule has 1 aromatic carbocycles. The molecule has 1 saturated heterocycles.